The molecule has 0 radical (unpaired) electrons. The van der Waals surface area contributed by atoms with Crippen LogP contribution in [0.25, 0.3) is 0 Å². The molecule has 1 unspecified atom stereocenters. The van der Waals surface area contributed by atoms with E-state index in [0.717, 1.165) is 26.5 Å². The zero-order chi connectivity index (χ0) is 13.1. The molecule has 0 fully saturated rings. The summed E-state index contributed by atoms with van der Waals surface area (Å²) in [6.45, 7) is 0. The van der Waals surface area contributed by atoms with Gasteiger partial charge >= 0.3 is 0 Å². The van der Waals surface area contributed by atoms with E-state index in [9.17, 15) is 0 Å². The lowest BCUT2D eigenvalue weighted by Gasteiger charge is -2.16. The number of halogens is 3. The Bertz CT molecular complexity index is 542. The van der Waals surface area contributed by atoms with Gasteiger partial charge in [0.1, 0.15) is 0 Å². The summed E-state index contributed by atoms with van der Waals surface area (Å²) < 4.78 is 1.13. The van der Waals surface area contributed by atoms with Gasteiger partial charge < -0.3 is 5.32 Å². The number of hydrogen-bond acceptors (Lipinski definition) is 2. The predicted molar refractivity (Wildman–Crippen MR) is 84.0 cm³/mol. The van der Waals surface area contributed by atoms with Crippen LogP contribution in [0.2, 0.25) is 10.0 Å². The maximum Gasteiger partial charge on any atom is 0.0465 e. The van der Waals surface area contributed by atoms with Crippen LogP contribution < -0.4 is 5.32 Å². The van der Waals surface area contributed by atoms with E-state index in [2.05, 4.69) is 32.7 Å². The molecule has 1 atom stereocenters. The lowest BCUT2D eigenvalue weighted by Crippen LogP contribution is -2.18. The molecule has 18 heavy (non-hydrogen) atoms. The molecule has 1 aromatic heterocycles. The molecule has 2 aromatic rings. The summed E-state index contributed by atoms with van der Waals surface area (Å²) in [5.41, 5.74) is 1.06. The minimum Gasteiger partial charge on any atom is -0.312 e. The SMILES string of the molecule is CNC(Cc1cc(Cl)ccc1Cl)c1sccc1Br. The van der Waals surface area contributed by atoms with E-state index in [1.807, 2.05) is 25.2 Å². The van der Waals surface area contributed by atoms with Crippen LogP contribution in [0.4, 0.5) is 0 Å². The zero-order valence-corrected chi connectivity index (χ0v) is 13.6. The zero-order valence-electron chi connectivity index (χ0n) is 9.71. The maximum absolute atomic E-state index is 6.20. The molecule has 0 saturated carbocycles. The third-order valence-electron chi connectivity index (χ3n) is 2.74. The molecule has 1 aromatic carbocycles. The van der Waals surface area contributed by atoms with Gasteiger partial charge in [0.25, 0.3) is 0 Å². The Kier molecular flexibility index (Phi) is 5.10. The van der Waals surface area contributed by atoms with Crippen molar-refractivity contribution in [2.45, 2.75) is 12.5 Å². The van der Waals surface area contributed by atoms with Gasteiger partial charge in [-0.05, 0) is 64.6 Å². The lowest BCUT2D eigenvalue weighted by molar-refractivity contribution is 0.600. The Labute approximate surface area is 129 Å². The number of hydrogen-bond donors (Lipinski definition) is 1. The largest absolute Gasteiger partial charge is 0.312 e. The van der Waals surface area contributed by atoms with Crippen molar-refractivity contribution in [3.05, 3.63) is 54.6 Å². The summed E-state index contributed by atoms with van der Waals surface area (Å²) in [5.74, 6) is 0. The summed E-state index contributed by atoms with van der Waals surface area (Å²) in [6.07, 6.45) is 0.814. The second kappa shape index (κ2) is 6.40. The van der Waals surface area contributed by atoms with E-state index in [-0.39, 0.29) is 6.04 Å². The molecule has 2 rings (SSSR count). The summed E-state index contributed by atoms with van der Waals surface area (Å²) in [7, 11) is 1.95. The molecule has 0 bridgehead atoms. The van der Waals surface area contributed by atoms with E-state index in [0.29, 0.717) is 0 Å². The van der Waals surface area contributed by atoms with Crippen LogP contribution in [0.5, 0.6) is 0 Å². The maximum atomic E-state index is 6.20. The van der Waals surface area contributed by atoms with Crippen LogP contribution in [-0.4, -0.2) is 7.05 Å². The molecule has 96 valence electrons. The highest BCUT2D eigenvalue weighted by atomic mass is 79.9. The van der Waals surface area contributed by atoms with Crippen LogP contribution in [0.15, 0.2) is 34.1 Å². The molecule has 0 aliphatic heterocycles. The van der Waals surface area contributed by atoms with E-state index in [1.54, 1.807) is 11.3 Å². The summed E-state index contributed by atoms with van der Waals surface area (Å²) >= 11 is 17.5. The van der Waals surface area contributed by atoms with Crippen molar-refractivity contribution in [2.75, 3.05) is 7.05 Å². The Morgan fingerprint density at radius 3 is 2.72 bits per heavy atom. The molecule has 0 amide bonds. The molecule has 5 heteroatoms. The number of thiophene rings is 1. The van der Waals surface area contributed by atoms with Gasteiger partial charge in [-0.15, -0.1) is 11.3 Å². The standard InChI is InChI=1S/C13H12BrCl2NS/c1-17-12(13-10(14)4-5-18-13)7-8-6-9(15)2-3-11(8)16/h2-6,12,17H,7H2,1H3. The Morgan fingerprint density at radius 1 is 1.33 bits per heavy atom. The van der Waals surface area contributed by atoms with Crippen LogP contribution in [0, 0.1) is 0 Å². The highest BCUT2D eigenvalue weighted by molar-refractivity contribution is 9.10. The fourth-order valence-corrected chi connectivity index (χ4v) is 3.95. The van der Waals surface area contributed by atoms with Crippen LogP contribution in [0.1, 0.15) is 16.5 Å². The third kappa shape index (κ3) is 3.28. The molecular weight excluding hydrogens is 353 g/mol. The molecule has 0 aliphatic carbocycles. The third-order valence-corrected chi connectivity index (χ3v) is 5.33. The predicted octanol–water partition coefficient (Wildman–Crippen LogP) is 5.32. The molecular formula is C13H12BrCl2NS. The van der Waals surface area contributed by atoms with Gasteiger partial charge in [0.15, 0.2) is 0 Å². The van der Waals surface area contributed by atoms with Gasteiger partial charge in [-0.2, -0.15) is 0 Å². The Hall–Kier alpha value is -0.0600. The van der Waals surface area contributed by atoms with Gasteiger partial charge in [0.2, 0.25) is 0 Å². The molecule has 1 nitrogen and oxygen atoms in total. The Balaban J connectivity index is 2.26. The molecule has 0 spiro atoms. The fraction of sp³-hybridized carbons (Fsp3) is 0.231. The van der Waals surface area contributed by atoms with E-state index < -0.39 is 0 Å². The number of nitrogens with one attached hydrogen (secondary N) is 1. The smallest absolute Gasteiger partial charge is 0.0465 e. The van der Waals surface area contributed by atoms with E-state index >= 15 is 0 Å². The van der Waals surface area contributed by atoms with Crippen molar-refractivity contribution in [2.24, 2.45) is 0 Å². The van der Waals surface area contributed by atoms with Gasteiger partial charge in [-0.25, -0.2) is 0 Å². The fourth-order valence-electron chi connectivity index (χ4n) is 1.80. The number of benzene rings is 1. The molecule has 1 heterocycles. The van der Waals surface area contributed by atoms with Crippen LogP contribution in [0.3, 0.4) is 0 Å². The summed E-state index contributed by atoms with van der Waals surface area (Å²) in [5, 5.41) is 6.87. The van der Waals surface area contributed by atoms with Crippen molar-refractivity contribution < 1.29 is 0 Å². The monoisotopic (exact) mass is 363 g/mol. The minimum atomic E-state index is 0.232. The van der Waals surface area contributed by atoms with Gasteiger partial charge in [0.05, 0.1) is 0 Å². The topological polar surface area (TPSA) is 12.0 Å². The lowest BCUT2D eigenvalue weighted by atomic mass is 10.0. The first-order valence-corrected chi connectivity index (χ1v) is 7.88. The highest BCUT2D eigenvalue weighted by Gasteiger charge is 2.16. The first-order valence-electron chi connectivity index (χ1n) is 5.46. The average molecular weight is 365 g/mol. The van der Waals surface area contributed by atoms with Crippen LogP contribution in [-0.2, 0) is 6.42 Å². The van der Waals surface area contributed by atoms with Crippen molar-refractivity contribution in [3.63, 3.8) is 0 Å². The van der Waals surface area contributed by atoms with Gasteiger partial charge in [-0.3, -0.25) is 0 Å². The number of rotatable bonds is 4. The molecule has 0 aliphatic rings. The normalized spacial score (nSPS) is 12.7. The summed E-state index contributed by atoms with van der Waals surface area (Å²) in [4.78, 5) is 1.27. The first kappa shape index (κ1) is 14.4. The first-order chi connectivity index (χ1) is 8.61. The number of likely N-dealkylation sites (N-methyl/N-ethyl adjacent to an activating group) is 1. The van der Waals surface area contributed by atoms with Crippen LogP contribution >= 0.6 is 50.5 Å². The second-order valence-electron chi connectivity index (χ2n) is 3.91. The summed E-state index contributed by atoms with van der Waals surface area (Å²) in [6, 6.07) is 7.87. The quantitative estimate of drug-likeness (QED) is 0.773. The van der Waals surface area contributed by atoms with Crippen molar-refractivity contribution in [1.29, 1.82) is 0 Å². The van der Waals surface area contributed by atoms with Gasteiger partial charge in [-0.1, -0.05) is 23.2 Å². The van der Waals surface area contributed by atoms with Crippen molar-refractivity contribution in [1.82, 2.24) is 5.32 Å². The van der Waals surface area contributed by atoms with E-state index in [1.165, 1.54) is 4.88 Å². The molecule has 1 N–H and O–H groups in total. The second-order valence-corrected chi connectivity index (χ2v) is 6.56. The van der Waals surface area contributed by atoms with Gasteiger partial charge in [0, 0.05) is 25.4 Å². The van der Waals surface area contributed by atoms with Crippen molar-refractivity contribution in [3.8, 4) is 0 Å². The molecule has 0 saturated heterocycles. The van der Waals surface area contributed by atoms with Crippen molar-refractivity contribution >= 4 is 50.5 Å². The van der Waals surface area contributed by atoms with E-state index in [4.69, 9.17) is 23.2 Å². The highest BCUT2D eigenvalue weighted by Crippen LogP contribution is 2.32. The Morgan fingerprint density at radius 2 is 2.11 bits per heavy atom. The minimum absolute atomic E-state index is 0.232. The average Bonchev–Trinajstić information content (AvgIpc) is 2.77.